The summed E-state index contributed by atoms with van der Waals surface area (Å²) in [7, 11) is 0. The summed E-state index contributed by atoms with van der Waals surface area (Å²) < 4.78 is -0.900. The van der Waals surface area contributed by atoms with Crippen LogP contribution in [0.3, 0.4) is 0 Å². The Hall–Kier alpha value is -0.140. The summed E-state index contributed by atoms with van der Waals surface area (Å²) in [6.07, 6.45) is 1.71. The van der Waals surface area contributed by atoms with E-state index in [0.29, 0.717) is 12.2 Å². The topological polar surface area (TPSA) is 12.0 Å². The Kier molecular flexibility index (Phi) is 3.84. The minimum atomic E-state index is -0.900. The summed E-state index contributed by atoms with van der Waals surface area (Å²) in [5, 5.41) is 2.90. The number of halogens is 2. The fourth-order valence-corrected chi connectivity index (χ4v) is 0.484. The highest BCUT2D eigenvalue weighted by atomic mass is 35.5. The fourth-order valence-electron chi connectivity index (χ4n) is 0.351. The van der Waals surface area contributed by atoms with Gasteiger partial charge < -0.3 is 5.32 Å². The molecule has 0 aromatic rings. The SMILES string of the molecule is C=CCNC(=C)C(C)(Cl)Cl. The standard InChI is InChI=1S/C7H11Cl2N/c1-4-5-10-6(2)7(3,8)9/h4,10H,1-2,5H2,3H3. The van der Waals surface area contributed by atoms with Crippen molar-refractivity contribution in [2.24, 2.45) is 0 Å². The van der Waals surface area contributed by atoms with Crippen LogP contribution in [-0.4, -0.2) is 10.9 Å². The summed E-state index contributed by atoms with van der Waals surface area (Å²) in [6, 6.07) is 0. The third-order valence-electron chi connectivity index (χ3n) is 0.990. The van der Waals surface area contributed by atoms with Crippen molar-refractivity contribution in [1.82, 2.24) is 5.32 Å². The number of rotatable bonds is 4. The Bertz CT molecular complexity index is 135. The van der Waals surface area contributed by atoms with Gasteiger partial charge in [0.05, 0.1) is 0 Å². The van der Waals surface area contributed by atoms with Gasteiger partial charge in [0.1, 0.15) is 0 Å². The molecule has 1 N–H and O–H groups in total. The van der Waals surface area contributed by atoms with Crippen LogP contribution < -0.4 is 5.32 Å². The van der Waals surface area contributed by atoms with Crippen LogP contribution in [0.4, 0.5) is 0 Å². The Morgan fingerprint density at radius 3 is 2.50 bits per heavy atom. The van der Waals surface area contributed by atoms with E-state index in [0.717, 1.165) is 0 Å². The number of nitrogens with one attached hydrogen (secondary N) is 1. The molecule has 0 heterocycles. The molecule has 0 radical (unpaired) electrons. The molecule has 1 nitrogen and oxygen atoms in total. The van der Waals surface area contributed by atoms with Gasteiger partial charge in [-0.1, -0.05) is 35.9 Å². The van der Waals surface area contributed by atoms with Gasteiger partial charge in [-0.15, -0.1) is 6.58 Å². The molecule has 3 heteroatoms. The highest BCUT2D eigenvalue weighted by Gasteiger charge is 2.19. The van der Waals surface area contributed by atoms with Gasteiger partial charge in [-0.3, -0.25) is 0 Å². The zero-order valence-corrected chi connectivity index (χ0v) is 7.47. The molecule has 0 unspecified atom stereocenters. The van der Waals surface area contributed by atoms with Crippen molar-refractivity contribution in [3.63, 3.8) is 0 Å². The zero-order chi connectivity index (χ0) is 8.20. The lowest BCUT2D eigenvalue weighted by atomic mass is 10.3. The van der Waals surface area contributed by atoms with Crippen molar-refractivity contribution in [2.45, 2.75) is 11.3 Å². The van der Waals surface area contributed by atoms with Crippen LogP contribution in [0.1, 0.15) is 6.92 Å². The predicted molar refractivity (Wildman–Crippen MR) is 47.5 cm³/mol. The first-order valence-electron chi connectivity index (χ1n) is 2.90. The maximum absolute atomic E-state index is 5.69. The molecule has 10 heavy (non-hydrogen) atoms. The van der Waals surface area contributed by atoms with Crippen molar-refractivity contribution in [3.8, 4) is 0 Å². The molecule has 0 saturated carbocycles. The molecule has 0 spiro atoms. The summed E-state index contributed by atoms with van der Waals surface area (Å²) >= 11 is 11.4. The summed E-state index contributed by atoms with van der Waals surface area (Å²) in [4.78, 5) is 0. The Morgan fingerprint density at radius 2 is 2.20 bits per heavy atom. The minimum absolute atomic E-state index is 0.593. The quantitative estimate of drug-likeness (QED) is 0.517. The second kappa shape index (κ2) is 3.89. The van der Waals surface area contributed by atoms with Gasteiger partial charge in [-0.2, -0.15) is 0 Å². The van der Waals surface area contributed by atoms with E-state index in [-0.39, 0.29) is 0 Å². The van der Waals surface area contributed by atoms with Crippen LogP contribution in [0.15, 0.2) is 24.9 Å². The lowest BCUT2D eigenvalue weighted by Gasteiger charge is -2.17. The van der Waals surface area contributed by atoms with E-state index in [1.165, 1.54) is 0 Å². The van der Waals surface area contributed by atoms with Gasteiger partial charge in [-0.25, -0.2) is 0 Å². The summed E-state index contributed by atoms with van der Waals surface area (Å²) in [6.45, 7) is 9.46. The van der Waals surface area contributed by atoms with Crippen LogP contribution in [0.2, 0.25) is 0 Å². The molecule has 0 aliphatic carbocycles. The smallest absolute Gasteiger partial charge is 0.154 e. The maximum Gasteiger partial charge on any atom is 0.154 e. The van der Waals surface area contributed by atoms with E-state index < -0.39 is 4.33 Å². The molecular formula is C7H11Cl2N. The predicted octanol–water partition coefficient (Wildman–Crippen LogP) is 2.47. The first kappa shape index (κ1) is 9.86. The van der Waals surface area contributed by atoms with Gasteiger partial charge in [-0.05, 0) is 6.92 Å². The molecular weight excluding hydrogens is 169 g/mol. The number of hydrogen-bond acceptors (Lipinski definition) is 1. The van der Waals surface area contributed by atoms with E-state index in [9.17, 15) is 0 Å². The molecule has 0 aliphatic heterocycles. The Morgan fingerprint density at radius 1 is 1.70 bits per heavy atom. The monoisotopic (exact) mass is 179 g/mol. The summed E-state index contributed by atoms with van der Waals surface area (Å²) in [5.41, 5.74) is 0.593. The Balaban J connectivity index is 3.74. The molecule has 0 aromatic carbocycles. The van der Waals surface area contributed by atoms with E-state index in [1.54, 1.807) is 13.0 Å². The molecule has 0 amide bonds. The van der Waals surface area contributed by atoms with E-state index in [4.69, 9.17) is 23.2 Å². The number of allylic oxidation sites excluding steroid dienone is 1. The highest BCUT2D eigenvalue weighted by molar-refractivity contribution is 6.50. The largest absolute Gasteiger partial charge is 0.383 e. The van der Waals surface area contributed by atoms with Crippen molar-refractivity contribution in [1.29, 1.82) is 0 Å². The summed E-state index contributed by atoms with van der Waals surface area (Å²) in [5.74, 6) is 0. The van der Waals surface area contributed by atoms with Crippen LogP contribution in [0.25, 0.3) is 0 Å². The van der Waals surface area contributed by atoms with E-state index in [1.807, 2.05) is 0 Å². The van der Waals surface area contributed by atoms with Gasteiger partial charge >= 0.3 is 0 Å². The van der Waals surface area contributed by atoms with Gasteiger partial charge in [0, 0.05) is 12.2 Å². The first-order valence-corrected chi connectivity index (χ1v) is 3.66. The normalized spacial score (nSPS) is 10.7. The van der Waals surface area contributed by atoms with Crippen molar-refractivity contribution in [2.75, 3.05) is 6.54 Å². The van der Waals surface area contributed by atoms with Gasteiger partial charge in [0.2, 0.25) is 0 Å². The van der Waals surface area contributed by atoms with Crippen LogP contribution in [0, 0.1) is 0 Å². The van der Waals surface area contributed by atoms with Crippen LogP contribution >= 0.6 is 23.2 Å². The van der Waals surface area contributed by atoms with Crippen molar-refractivity contribution < 1.29 is 0 Å². The molecule has 0 saturated heterocycles. The molecule has 0 atom stereocenters. The lowest BCUT2D eigenvalue weighted by Crippen LogP contribution is -2.24. The Labute approximate surface area is 71.7 Å². The zero-order valence-electron chi connectivity index (χ0n) is 5.95. The second-order valence-corrected chi connectivity index (χ2v) is 3.74. The van der Waals surface area contributed by atoms with E-state index >= 15 is 0 Å². The number of hydrogen-bond donors (Lipinski definition) is 1. The molecule has 0 aliphatic rings. The highest BCUT2D eigenvalue weighted by Crippen LogP contribution is 2.25. The molecule has 0 bridgehead atoms. The maximum atomic E-state index is 5.69. The number of alkyl halides is 2. The fraction of sp³-hybridized carbons (Fsp3) is 0.429. The average molecular weight is 180 g/mol. The second-order valence-electron chi connectivity index (χ2n) is 2.04. The first-order chi connectivity index (χ1) is 4.48. The molecule has 0 aromatic heterocycles. The van der Waals surface area contributed by atoms with Gasteiger partial charge in [0.15, 0.2) is 4.33 Å². The molecule has 0 fully saturated rings. The van der Waals surface area contributed by atoms with Gasteiger partial charge in [0.25, 0.3) is 0 Å². The van der Waals surface area contributed by atoms with Crippen LogP contribution in [0.5, 0.6) is 0 Å². The average Bonchev–Trinajstić information content (AvgIpc) is 1.80. The van der Waals surface area contributed by atoms with Crippen LogP contribution in [-0.2, 0) is 0 Å². The van der Waals surface area contributed by atoms with Crippen molar-refractivity contribution >= 4 is 23.2 Å². The molecule has 0 rings (SSSR count). The van der Waals surface area contributed by atoms with E-state index in [2.05, 4.69) is 18.5 Å². The minimum Gasteiger partial charge on any atom is -0.383 e. The third kappa shape index (κ3) is 3.80. The molecule has 58 valence electrons. The lowest BCUT2D eigenvalue weighted by molar-refractivity contribution is 0.820. The van der Waals surface area contributed by atoms with Crippen molar-refractivity contribution in [3.05, 3.63) is 24.9 Å². The third-order valence-corrected chi connectivity index (χ3v) is 1.45.